The molecule has 1 aromatic heterocycles. The predicted octanol–water partition coefficient (Wildman–Crippen LogP) is 0.872. The molecule has 0 aliphatic carbocycles. The minimum absolute atomic E-state index is 0.344. The first kappa shape index (κ1) is 15.2. The highest BCUT2D eigenvalue weighted by atomic mass is 16.5. The van der Waals surface area contributed by atoms with E-state index >= 15 is 0 Å². The van der Waals surface area contributed by atoms with Crippen LogP contribution in [0, 0.1) is 5.92 Å². The number of methoxy groups -OCH3 is 1. The van der Waals surface area contributed by atoms with Crippen LogP contribution < -0.4 is 16.4 Å². The van der Waals surface area contributed by atoms with E-state index in [0.29, 0.717) is 36.1 Å². The second kappa shape index (κ2) is 6.94. The molecule has 0 saturated carbocycles. The molecule has 6 heteroatoms. The molecule has 1 amide bonds. The number of hydrogen-bond donors (Lipinski definition) is 2. The maximum atomic E-state index is 11.5. The van der Waals surface area contributed by atoms with Crippen molar-refractivity contribution in [3.63, 3.8) is 0 Å². The first-order valence-corrected chi connectivity index (χ1v) is 6.25. The summed E-state index contributed by atoms with van der Waals surface area (Å²) in [4.78, 5) is 17.8. The third kappa shape index (κ3) is 4.40. The zero-order valence-electron chi connectivity index (χ0n) is 11.7. The minimum atomic E-state index is -0.527. The number of nitrogens with two attached hydrogens (primary N) is 2. The molecule has 0 radical (unpaired) electrons. The van der Waals surface area contributed by atoms with Crippen molar-refractivity contribution < 1.29 is 9.53 Å². The molecular formula is C13H22N4O2. The molecule has 0 aliphatic heterocycles. The van der Waals surface area contributed by atoms with Gasteiger partial charge < -0.3 is 21.1 Å². The van der Waals surface area contributed by atoms with Gasteiger partial charge in [-0.2, -0.15) is 0 Å². The van der Waals surface area contributed by atoms with Crippen molar-refractivity contribution in [2.75, 3.05) is 37.4 Å². The molecule has 0 spiro atoms. The van der Waals surface area contributed by atoms with Crippen molar-refractivity contribution >= 4 is 17.4 Å². The Morgan fingerprint density at radius 3 is 2.74 bits per heavy atom. The number of carbonyl (C=O) groups excluding carboxylic acids is 1. The average Bonchev–Trinajstić information content (AvgIpc) is 2.34. The Balaban J connectivity index is 3.09. The number of hydrogen-bond acceptors (Lipinski definition) is 5. The fraction of sp³-hybridized carbons (Fsp3) is 0.538. The van der Waals surface area contributed by atoms with Gasteiger partial charge in [-0.15, -0.1) is 0 Å². The highest BCUT2D eigenvalue weighted by Gasteiger charge is 2.17. The van der Waals surface area contributed by atoms with E-state index in [1.54, 1.807) is 13.2 Å². The summed E-state index contributed by atoms with van der Waals surface area (Å²) < 4.78 is 5.09. The fourth-order valence-corrected chi connectivity index (χ4v) is 1.83. The van der Waals surface area contributed by atoms with E-state index in [0.717, 1.165) is 6.54 Å². The number of aromatic nitrogens is 1. The highest BCUT2D eigenvalue weighted by molar-refractivity contribution is 5.98. The molecular weight excluding hydrogens is 244 g/mol. The second-order valence-electron chi connectivity index (χ2n) is 4.84. The molecule has 0 bridgehead atoms. The van der Waals surface area contributed by atoms with Crippen LogP contribution in [0.25, 0.3) is 0 Å². The summed E-state index contributed by atoms with van der Waals surface area (Å²) >= 11 is 0. The van der Waals surface area contributed by atoms with E-state index in [2.05, 4.69) is 18.8 Å². The lowest BCUT2D eigenvalue weighted by atomic mass is 10.1. The van der Waals surface area contributed by atoms with Crippen molar-refractivity contribution in [1.82, 2.24) is 4.98 Å². The van der Waals surface area contributed by atoms with Gasteiger partial charge in [-0.05, 0) is 12.0 Å². The van der Waals surface area contributed by atoms with E-state index in [1.165, 1.54) is 6.20 Å². The Hall–Kier alpha value is -1.82. The lowest BCUT2D eigenvalue weighted by Gasteiger charge is -2.26. The number of pyridine rings is 1. The van der Waals surface area contributed by atoms with Crippen LogP contribution in [-0.4, -0.2) is 37.7 Å². The van der Waals surface area contributed by atoms with Gasteiger partial charge in [0.15, 0.2) is 0 Å². The Morgan fingerprint density at radius 2 is 2.21 bits per heavy atom. The van der Waals surface area contributed by atoms with Crippen molar-refractivity contribution in [3.05, 3.63) is 17.8 Å². The Labute approximate surface area is 113 Å². The predicted molar refractivity (Wildman–Crippen MR) is 76.1 cm³/mol. The van der Waals surface area contributed by atoms with Crippen LogP contribution in [0.1, 0.15) is 24.2 Å². The highest BCUT2D eigenvalue weighted by Crippen LogP contribution is 2.20. The van der Waals surface area contributed by atoms with Crippen LogP contribution >= 0.6 is 0 Å². The van der Waals surface area contributed by atoms with Gasteiger partial charge in [-0.25, -0.2) is 4.98 Å². The SMILES string of the molecule is COCCN(CC(C)C)c1ncc(N)cc1C(N)=O. The summed E-state index contributed by atoms with van der Waals surface area (Å²) in [5, 5.41) is 0. The molecule has 0 aliphatic rings. The molecule has 1 aromatic rings. The minimum Gasteiger partial charge on any atom is -0.397 e. The van der Waals surface area contributed by atoms with Gasteiger partial charge in [-0.3, -0.25) is 4.79 Å². The summed E-state index contributed by atoms with van der Waals surface area (Å²) in [6, 6.07) is 1.56. The number of rotatable bonds is 7. The smallest absolute Gasteiger partial charge is 0.252 e. The zero-order chi connectivity index (χ0) is 14.4. The van der Waals surface area contributed by atoms with Gasteiger partial charge >= 0.3 is 0 Å². The van der Waals surface area contributed by atoms with Crippen molar-refractivity contribution in [3.8, 4) is 0 Å². The molecule has 1 heterocycles. The number of nitrogens with zero attached hydrogens (tertiary/aromatic N) is 2. The monoisotopic (exact) mass is 266 g/mol. The fourth-order valence-electron chi connectivity index (χ4n) is 1.83. The molecule has 4 N–H and O–H groups in total. The molecule has 0 atom stereocenters. The van der Waals surface area contributed by atoms with Crippen LogP contribution in [0.15, 0.2) is 12.3 Å². The number of ether oxygens (including phenoxy) is 1. The molecule has 1 rings (SSSR count). The summed E-state index contributed by atoms with van der Waals surface area (Å²) in [5.41, 5.74) is 11.8. The zero-order valence-corrected chi connectivity index (χ0v) is 11.7. The Kier molecular flexibility index (Phi) is 5.57. The molecule has 0 unspecified atom stereocenters. The normalized spacial score (nSPS) is 10.7. The summed E-state index contributed by atoms with van der Waals surface area (Å²) in [6.07, 6.45) is 1.53. The first-order valence-electron chi connectivity index (χ1n) is 6.25. The molecule has 0 fully saturated rings. The maximum absolute atomic E-state index is 11.5. The number of anilines is 2. The van der Waals surface area contributed by atoms with E-state index in [9.17, 15) is 4.79 Å². The summed E-state index contributed by atoms with van der Waals surface area (Å²) in [6.45, 7) is 6.16. The van der Waals surface area contributed by atoms with E-state index in [4.69, 9.17) is 16.2 Å². The molecule has 106 valence electrons. The van der Waals surface area contributed by atoms with Crippen molar-refractivity contribution in [2.45, 2.75) is 13.8 Å². The third-order valence-electron chi connectivity index (χ3n) is 2.60. The van der Waals surface area contributed by atoms with Gasteiger partial charge in [0.2, 0.25) is 0 Å². The summed E-state index contributed by atoms with van der Waals surface area (Å²) in [7, 11) is 1.64. The molecule has 0 aromatic carbocycles. The Bertz CT molecular complexity index is 435. The lowest BCUT2D eigenvalue weighted by molar-refractivity contribution is 0.1000. The number of nitrogen functional groups attached to an aromatic ring is 1. The van der Waals surface area contributed by atoms with E-state index in [1.807, 2.05) is 4.90 Å². The number of amides is 1. The van der Waals surface area contributed by atoms with Gasteiger partial charge in [0, 0.05) is 20.2 Å². The van der Waals surface area contributed by atoms with Crippen LogP contribution in [0.4, 0.5) is 11.5 Å². The van der Waals surface area contributed by atoms with Crippen LogP contribution in [0.3, 0.4) is 0 Å². The number of carbonyl (C=O) groups is 1. The van der Waals surface area contributed by atoms with Crippen LogP contribution in [0.2, 0.25) is 0 Å². The Morgan fingerprint density at radius 1 is 1.53 bits per heavy atom. The summed E-state index contributed by atoms with van der Waals surface area (Å²) in [5.74, 6) is 0.463. The molecule has 0 saturated heterocycles. The van der Waals surface area contributed by atoms with Gasteiger partial charge in [0.25, 0.3) is 5.91 Å². The van der Waals surface area contributed by atoms with Crippen LogP contribution in [-0.2, 0) is 4.74 Å². The van der Waals surface area contributed by atoms with Gasteiger partial charge in [-0.1, -0.05) is 13.8 Å². The molecule has 19 heavy (non-hydrogen) atoms. The quantitative estimate of drug-likeness (QED) is 0.763. The van der Waals surface area contributed by atoms with E-state index < -0.39 is 5.91 Å². The molecule has 6 nitrogen and oxygen atoms in total. The van der Waals surface area contributed by atoms with Crippen LogP contribution in [0.5, 0.6) is 0 Å². The largest absolute Gasteiger partial charge is 0.397 e. The van der Waals surface area contributed by atoms with Gasteiger partial charge in [0.1, 0.15) is 5.82 Å². The average molecular weight is 266 g/mol. The first-order chi connectivity index (χ1) is 8.95. The standard InChI is InChI=1S/C13H22N4O2/c1-9(2)8-17(4-5-19-3)13-11(12(15)18)6-10(14)7-16-13/h6-7,9H,4-5,8,14H2,1-3H3,(H2,15,18). The van der Waals surface area contributed by atoms with Crippen molar-refractivity contribution in [1.29, 1.82) is 0 Å². The van der Waals surface area contributed by atoms with Gasteiger partial charge in [0.05, 0.1) is 24.1 Å². The topological polar surface area (TPSA) is 94.5 Å². The third-order valence-corrected chi connectivity index (χ3v) is 2.60. The number of primary amides is 1. The van der Waals surface area contributed by atoms with E-state index in [-0.39, 0.29) is 0 Å². The maximum Gasteiger partial charge on any atom is 0.252 e. The van der Waals surface area contributed by atoms with Crippen molar-refractivity contribution in [2.24, 2.45) is 11.7 Å². The second-order valence-corrected chi connectivity index (χ2v) is 4.84. The lowest BCUT2D eigenvalue weighted by Crippen LogP contribution is -2.33.